The Morgan fingerprint density at radius 2 is 1.91 bits per heavy atom. The van der Waals surface area contributed by atoms with Crippen LogP contribution in [0.1, 0.15) is 23.7 Å². The molecule has 1 aromatic heterocycles. The molecule has 33 heavy (non-hydrogen) atoms. The van der Waals surface area contributed by atoms with Crippen molar-refractivity contribution in [3.63, 3.8) is 0 Å². The molecule has 2 heterocycles. The molecule has 1 atom stereocenters. The van der Waals surface area contributed by atoms with Gasteiger partial charge < -0.3 is 14.2 Å². The van der Waals surface area contributed by atoms with E-state index in [1.54, 1.807) is 11.8 Å². The number of imidazole rings is 1. The van der Waals surface area contributed by atoms with E-state index in [9.17, 15) is 4.79 Å². The number of anilines is 1. The average Bonchev–Trinajstić information content (AvgIpc) is 3.40. The van der Waals surface area contributed by atoms with Gasteiger partial charge in [-0.3, -0.25) is 4.79 Å². The number of carbonyl (C=O) groups is 1. The molecule has 0 unspecified atom stereocenters. The lowest BCUT2D eigenvalue weighted by molar-refractivity contribution is -0.117. The molecule has 1 saturated heterocycles. The first-order valence-corrected chi connectivity index (χ1v) is 12.4. The SMILES string of the molecule is CSc1cccc(N2C[C@@H](c3nc4ccccc4n3CCOc3cccc(C)c3)CC2=O)c1. The number of fused-ring (bicyclic) bond motifs is 1. The normalized spacial score (nSPS) is 16.0. The van der Waals surface area contributed by atoms with Gasteiger partial charge in [0.15, 0.2) is 0 Å². The van der Waals surface area contributed by atoms with E-state index in [4.69, 9.17) is 9.72 Å². The molecule has 1 amide bonds. The van der Waals surface area contributed by atoms with Gasteiger partial charge in [-0.2, -0.15) is 0 Å². The van der Waals surface area contributed by atoms with Crippen LogP contribution in [0.4, 0.5) is 5.69 Å². The van der Waals surface area contributed by atoms with Crippen LogP contribution in [0.25, 0.3) is 11.0 Å². The summed E-state index contributed by atoms with van der Waals surface area (Å²) in [6, 6.07) is 24.4. The van der Waals surface area contributed by atoms with Crippen LogP contribution < -0.4 is 9.64 Å². The number of benzene rings is 3. The quantitative estimate of drug-likeness (QED) is 0.336. The third-order valence-electron chi connectivity index (χ3n) is 6.11. The van der Waals surface area contributed by atoms with Crippen molar-refractivity contribution < 1.29 is 9.53 Å². The Balaban J connectivity index is 1.40. The zero-order chi connectivity index (χ0) is 22.8. The van der Waals surface area contributed by atoms with Crippen LogP contribution in [-0.4, -0.2) is 34.9 Å². The van der Waals surface area contributed by atoms with Gasteiger partial charge >= 0.3 is 0 Å². The van der Waals surface area contributed by atoms with Gasteiger partial charge in [0.2, 0.25) is 5.91 Å². The maximum Gasteiger partial charge on any atom is 0.227 e. The summed E-state index contributed by atoms with van der Waals surface area (Å²) in [5.41, 5.74) is 4.17. The molecule has 0 bridgehead atoms. The molecule has 0 radical (unpaired) electrons. The number of amides is 1. The first-order chi connectivity index (χ1) is 16.1. The fourth-order valence-corrected chi connectivity index (χ4v) is 4.96. The fourth-order valence-electron chi connectivity index (χ4n) is 4.51. The van der Waals surface area contributed by atoms with Gasteiger partial charge in [-0.05, 0) is 61.2 Å². The zero-order valence-electron chi connectivity index (χ0n) is 18.9. The smallest absolute Gasteiger partial charge is 0.227 e. The maximum absolute atomic E-state index is 13.0. The van der Waals surface area contributed by atoms with E-state index in [-0.39, 0.29) is 11.8 Å². The topological polar surface area (TPSA) is 47.4 Å². The summed E-state index contributed by atoms with van der Waals surface area (Å²) in [4.78, 5) is 21.0. The summed E-state index contributed by atoms with van der Waals surface area (Å²) in [5, 5.41) is 0. The number of thioether (sulfide) groups is 1. The predicted octanol–water partition coefficient (Wildman–Crippen LogP) is 5.67. The van der Waals surface area contributed by atoms with E-state index in [1.165, 1.54) is 5.56 Å². The molecule has 3 aromatic carbocycles. The Kier molecular flexibility index (Phi) is 6.09. The molecular formula is C27H27N3O2S. The molecule has 1 fully saturated rings. The Morgan fingerprint density at radius 1 is 1.06 bits per heavy atom. The van der Waals surface area contributed by atoms with Crippen molar-refractivity contribution in [1.29, 1.82) is 0 Å². The summed E-state index contributed by atoms with van der Waals surface area (Å²) in [5.74, 6) is 2.02. The first-order valence-electron chi connectivity index (χ1n) is 11.2. The van der Waals surface area contributed by atoms with Gasteiger partial charge in [-0.25, -0.2) is 4.98 Å². The largest absolute Gasteiger partial charge is 0.492 e. The van der Waals surface area contributed by atoms with Gasteiger partial charge in [0.05, 0.1) is 17.6 Å². The van der Waals surface area contributed by atoms with E-state index in [0.29, 0.717) is 26.1 Å². The van der Waals surface area contributed by atoms with E-state index in [1.807, 2.05) is 53.4 Å². The van der Waals surface area contributed by atoms with Crippen LogP contribution in [0, 0.1) is 6.92 Å². The molecule has 6 heteroatoms. The van der Waals surface area contributed by atoms with Crippen molar-refractivity contribution in [3.8, 4) is 5.75 Å². The highest BCUT2D eigenvalue weighted by molar-refractivity contribution is 7.98. The lowest BCUT2D eigenvalue weighted by Crippen LogP contribution is -2.24. The third-order valence-corrected chi connectivity index (χ3v) is 6.84. The summed E-state index contributed by atoms with van der Waals surface area (Å²) in [7, 11) is 0. The van der Waals surface area contributed by atoms with E-state index >= 15 is 0 Å². The number of para-hydroxylation sites is 2. The average molecular weight is 458 g/mol. The van der Waals surface area contributed by atoms with Gasteiger partial charge in [0, 0.05) is 29.5 Å². The minimum atomic E-state index is 0.0433. The van der Waals surface area contributed by atoms with Gasteiger partial charge in [0.25, 0.3) is 0 Å². The number of ether oxygens (including phenoxy) is 1. The molecule has 0 saturated carbocycles. The van der Waals surface area contributed by atoms with Crippen LogP contribution in [0.3, 0.4) is 0 Å². The van der Waals surface area contributed by atoms with Crippen molar-refractivity contribution in [2.75, 3.05) is 24.3 Å². The monoisotopic (exact) mass is 457 g/mol. The van der Waals surface area contributed by atoms with Crippen LogP contribution in [0.5, 0.6) is 5.75 Å². The van der Waals surface area contributed by atoms with Crippen LogP contribution in [0.15, 0.2) is 77.7 Å². The molecule has 0 aliphatic carbocycles. The number of hydrogen-bond donors (Lipinski definition) is 0. The summed E-state index contributed by atoms with van der Waals surface area (Å²) in [6.45, 7) is 3.91. The molecule has 1 aliphatic heterocycles. The molecule has 5 nitrogen and oxygen atoms in total. The number of hydrogen-bond acceptors (Lipinski definition) is 4. The minimum Gasteiger partial charge on any atom is -0.492 e. The Morgan fingerprint density at radius 3 is 2.76 bits per heavy atom. The van der Waals surface area contributed by atoms with Crippen molar-refractivity contribution in [1.82, 2.24) is 9.55 Å². The molecule has 0 N–H and O–H groups in total. The number of aryl methyl sites for hydroxylation is 1. The molecular weight excluding hydrogens is 430 g/mol. The number of nitrogens with zero attached hydrogens (tertiary/aromatic N) is 3. The lowest BCUT2D eigenvalue weighted by atomic mass is 10.1. The minimum absolute atomic E-state index is 0.0433. The van der Waals surface area contributed by atoms with Crippen LogP contribution >= 0.6 is 11.8 Å². The van der Waals surface area contributed by atoms with E-state index < -0.39 is 0 Å². The highest BCUT2D eigenvalue weighted by Crippen LogP contribution is 2.34. The van der Waals surface area contributed by atoms with Gasteiger partial charge in [0.1, 0.15) is 18.2 Å². The first kappa shape index (κ1) is 21.6. The Bertz CT molecular complexity index is 1300. The highest BCUT2D eigenvalue weighted by atomic mass is 32.2. The summed E-state index contributed by atoms with van der Waals surface area (Å²) < 4.78 is 8.26. The Labute approximate surface area is 198 Å². The second kappa shape index (κ2) is 9.32. The Hall–Kier alpha value is -3.25. The van der Waals surface area contributed by atoms with Gasteiger partial charge in [-0.1, -0.05) is 30.3 Å². The number of rotatable bonds is 7. The van der Waals surface area contributed by atoms with Crippen molar-refractivity contribution in [2.24, 2.45) is 0 Å². The van der Waals surface area contributed by atoms with Crippen molar-refractivity contribution in [3.05, 3.63) is 84.2 Å². The zero-order valence-corrected chi connectivity index (χ0v) is 19.7. The highest BCUT2D eigenvalue weighted by Gasteiger charge is 2.34. The van der Waals surface area contributed by atoms with Crippen molar-refractivity contribution >= 4 is 34.4 Å². The summed E-state index contributed by atoms with van der Waals surface area (Å²) in [6.07, 6.45) is 2.51. The van der Waals surface area contributed by atoms with Crippen LogP contribution in [-0.2, 0) is 11.3 Å². The van der Waals surface area contributed by atoms with Gasteiger partial charge in [-0.15, -0.1) is 11.8 Å². The molecule has 168 valence electrons. The van der Waals surface area contributed by atoms with Crippen LogP contribution in [0.2, 0.25) is 0 Å². The van der Waals surface area contributed by atoms with E-state index in [0.717, 1.165) is 33.2 Å². The lowest BCUT2D eigenvalue weighted by Gasteiger charge is -2.18. The summed E-state index contributed by atoms with van der Waals surface area (Å²) >= 11 is 1.69. The van der Waals surface area contributed by atoms with Crippen molar-refractivity contribution in [2.45, 2.75) is 30.7 Å². The standard InChI is InChI=1S/C27H27N3O2S/c1-19-7-5-9-22(15-19)32-14-13-29-25-12-4-3-11-24(25)28-27(29)20-16-26(31)30(18-20)21-8-6-10-23(17-21)33-2/h3-12,15,17,20H,13-14,16,18H2,1-2H3/t20-/m0/s1. The maximum atomic E-state index is 13.0. The molecule has 1 aliphatic rings. The molecule has 0 spiro atoms. The molecule has 5 rings (SSSR count). The second-order valence-corrected chi connectivity index (χ2v) is 9.26. The molecule has 4 aromatic rings. The predicted molar refractivity (Wildman–Crippen MR) is 134 cm³/mol. The van der Waals surface area contributed by atoms with E-state index in [2.05, 4.69) is 42.0 Å². The second-order valence-electron chi connectivity index (χ2n) is 8.38. The third kappa shape index (κ3) is 4.48. The number of aromatic nitrogens is 2. The fraction of sp³-hybridized carbons (Fsp3) is 0.259. The number of carbonyl (C=O) groups excluding carboxylic acids is 1.